The molecule has 2 aromatic rings. The number of nitrogens with zero attached hydrogens (tertiary/aromatic N) is 2. The highest BCUT2D eigenvalue weighted by molar-refractivity contribution is 8.18. The number of methoxy groups -OCH3 is 1. The van der Waals surface area contributed by atoms with Crippen LogP contribution in [-0.2, 0) is 9.53 Å². The van der Waals surface area contributed by atoms with Crippen molar-refractivity contribution in [1.29, 1.82) is 0 Å². The molecule has 1 aliphatic heterocycles. The molecule has 6 nitrogen and oxygen atoms in total. The summed E-state index contributed by atoms with van der Waals surface area (Å²) < 4.78 is 6.85. The van der Waals surface area contributed by atoms with Crippen molar-refractivity contribution in [2.45, 2.75) is 20.8 Å². The minimum absolute atomic E-state index is 0.276. The standard InChI is InChI=1S/C20H20N2O4S/c1-11-6-7-14(19(24)26-5)9-16(11)22-12(2)8-15(13(22)3)10-17-18(23)21(4)20(25)27-17/h6-10H,1-5H3/b17-10-. The van der Waals surface area contributed by atoms with Gasteiger partial charge in [-0.05, 0) is 67.9 Å². The lowest BCUT2D eigenvalue weighted by Gasteiger charge is -2.14. The predicted octanol–water partition coefficient (Wildman–Crippen LogP) is 3.86. The van der Waals surface area contributed by atoms with E-state index < -0.39 is 5.97 Å². The van der Waals surface area contributed by atoms with Gasteiger partial charge in [0, 0.05) is 24.1 Å². The molecule has 1 aromatic heterocycles. The van der Waals surface area contributed by atoms with Crippen LogP contribution >= 0.6 is 11.8 Å². The Kier molecular flexibility index (Phi) is 4.97. The number of likely N-dealkylation sites (N-methyl/N-ethyl adjacent to an activating group) is 1. The lowest BCUT2D eigenvalue weighted by Crippen LogP contribution is -2.22. The highest BCUT2D eigenvalue weighted by atomic mass is 32.2. The zero-order valence-corrected chi connectivity index (χ0v) is 16.6. The van der Waals surface area contributed by atoms with Gasteiger partial charge in [0.25, 0.3) is 11.1 Å². The minimum atomic E-state index is -0.393. The van der Waals surface area contributed by atoms with Crippen LogP contribution in [0.4, 0.5) is 4.79 Å². The predicted molar refractivity (Wildman–Crippen MR) is 105 cm³/mol. The molecule has 0 atom stereocenters. The Balaban J connectivity index is 2.09. The number of aryl methyl sites for hydroxylation is 2. The number of imide groups is 1. The Morgan fingerprint density at radius 1 is 1.15 bits per heavy atom. The molecule has 7 heteroatoms. The molecule has 1 fully saturated rings. The zero-order chi connectivity index (χ0) is 19.9. The van der Waals surface area contributed by atoms with Gasteiger partial charge in [0.2, 0.25) is 0 Å². The summed E-state index contributed by atoms with van der Waals surface area (Å²) in [5, 5.41) is -0.276. The summed E-state index contributed by atoms with van der Waals surface area (Å²) >= 11 is 0.937. The maximum Gasteiger partial charge on any atom is 0.337 e. The molecule has 0 saturated carbocycles. The van der Waals surface area contributed by atoms with Gasteiger partial charge in [-0.1, -0.05) is 6.07 Å². The van der Waals surface area contributed by atoms with E-state index in [0.717, 1.165) is 44.9 Å². The number of thioether (sulfide) groups is 1. The van der Waals surface area contributed by atoms with Gasteiger partial charge >= 0.3 is 5.97 Å². The third-order valence-corrected chi connectivity index (χ3v) is 5.58. The van der Waals surface area contributed by atoms with Crippen molar-refractivity contribution in [3.05, 3.63) is 57.2 Å². The topological polar surface area (TPSA) is 68.6 Å². The van der Waals surface area contributed by atoms with Gasteiger partial charge in [0.1, 0.15) is 0 Å². The molecule has 1 saturated heterocycles. The van der Waals surface area contributed by atoms with Crippen molar-refractivity contribution in [2.24, 2.45) is 0 Å². The fraction of sp³-hybridized carbons (Fsp3) is 0.250. The summed E-state index contributed by atoms with van der Waals surface area (Å²) in [6.45, 7) is 5.87. The summed E-state index contributed by atoms with van der Waals surface area (Å²) in [6.07, 6.45) is 1.74. The molecule has 1 aromatic carbocycles. The van der Waals surface area contributed by atoms with E-state index in [1.807, 2.05) is 37.5 Å². The number of rotatable bonds is 3. The number of aromatic nitrogens is 1. The lowest BCUT2D eigenvalue weighted by molar-refractivity contribution is -0.121. The van der Waals surface area contributed by atoms with Gasteiger partial charge < -0.3 is 9.30 Å². The van der Waals surface area contributed by atoms with Crippen LogP contribution in [0.5, 0.6) is 0 Å². The third-order valence-electron chi connectivity index (χ3n) is 4.61. The minimum Gasteiger partial charge on any atom is -0.465 e. The first-order valence-electron chi connectivity index (χ1n) is 8.34. The average Bonchev–Trinajstić information content (AvgIpc) is 3.05. The highest BCUT2D eigenvalue weighted by Gasteiger charge is 2.32. The van der Waals surface area contributed by atoms with E-state index in [4.69, 9.17) is 4.74 Å². The molecule has 2 heterocycles. The van der Waals surface area contributed by atoms with E-state index in [9.17, 15) is 14.4 Å². The van der Waals surface area contributed by atoms with E-state index in [2.05, 4.69) is 0 Å². The van der Waals surface area contributed by atoms with E-state index in [1.165, 1.54) is 14.2 Å². The molecule has 0 bridgehead atoms. The molecule has 0 N–H and O–H groups in total. The average molecular weight is 384 g/mol. The van der Waals surface area contributed by atoms with Crippen LogP contribution in [0.3, 0.4) is 0 Å². The van der Waals surface area contributed by atoms with Crippen LogP contribution in [0, 0.1) is 20.8 Å². The van der Waals surface area contributed by atoms with E-state index in [-0.39, 0.29) is 11.1 Å². The molecule has 27 heavy (non-hydrogen) atoms. The Bertz CT molecular complexity index is 1000. The van der Waals surface area contributed by atoms with Crippen molar-refractivity contribution < 1.29 is 19.1 Å². The second kappa shape index (κ2) is 7.08. The van der Waals surface area contributed by atoms with Gasteiger partial charge in [-0.3, -0.25) is 14.5 Å². The first-order chi connectivity index (χ1) is 12.7. The van der Waals surface area contributed by atoms with E-state index >= 15 is 0 Å². The number of esters is 1. The SMILES string of the molecule is COC(=O)c1ccc(C)c(-n2c(C)cc(/C=C3\SC(=O)N(C)C3=O)c2C)c1. The summed E-state index contributed by atoms with van der Waals surface area (Å²) in [4.78, 5) is 37.3. The summed E-state index contributed by atoms with van der Waals surface area (Å²) in [5.74, 6) is -0.686. The Labute approximate surface area is 161 Å². The summed E-state index contributed by atoms with van der Waals surface area (Å²) in [6, 6.07) is 7.37. The monoisotopic (exact) mass is 384 g/mol. The van der Waals surface area contributed by atoms with Crippen molar-refractivity contribution >= 4 is 35.0 Å². The van der Waals surface area contributed by atoms with E-state index in [0.29, 0.717) is 10.5 Å². The molecule has 1 aliphatic rings. The third kappa shape index (κ3) is 3.30. The molecule has 140 valence electrons. The van der Waals surface area contributed by atoms with Crippen LogP contribution in [0.2, 0.25) is 0 Å². The molecule has 0 unspecified atom stereocenters. The van der Waals surface area contributed by atoms with Crippen molar-refractivity contribution in [2.75, 3.05) is 14.2 Å². The number of hydrogen-bond donors (Lipinski definition) is 0. The first kappa shape index (κ1) is 19.0. The van der Waals surface area contributed by atoms with Gasteiger partial charge in [-0.2, -0.15) is 0 Å². The number of hydrogen-bond acceptors (Lipinski definition) is 5. The zero-order valence-electron chi connectivity index (χ0n) is 15.8. The van der Waals surface area contributed by atoms with E-state index in [1.54, 1.807) is 18.2 Å². The number of amides is 2. The Morgan fingerprint density at radius 3 is 2.44 bits per heavy atom. The largest absolute Gasteiger partial charge is 0.465 e. The molecule has 0 spiro atoms. The van der Waals surface area contributed by atoms with Gasteiger partial charge in [-0.25, -0.2) is 4.79 Å². The molecule has 3 rings (SSSR count). The van der Waals surface area contributed by atoms with Crippen LogP contribution < -0.4 is 0 Å². The first-order valence-corrected chi connectivity index (χ1v) is 9.16. The number of carbonyl (C=O) groups is 3. The normalized spacial score (nSPS) is 15.7. The molecule has 2 amide bonds. The van der Waals surface area contributed by atoms with Crippen LogP contribution in [-0.4, -0.2) is 40.7 Å². The summed E-state index contributed by atoms with van der Waals surface area (Å²) in [5.41, 5.74) is 5.08. The van der Waals surface area contributed by atoms with Crippen LogP contribution in [0.25, 0.3) is 11.8 Å². The molecular weight excluding hydrogens is 364 g/mol. The second-order valence-corrected chi connectivity index (χ2v) is 7.39. The highest BCUT2D eigenvalue weighted by Crippen LogP contribution is 2.33. The van der Waals surface area contributed by atoms with Crippen molar-refractivity contribution in [1.82, 2.24) is 9.47 Å². The Hall–Kier alpha value is -2.80. The number of carbonyl (C=O) groups excluding carboxylic acids is 3. The molecule has 0 aliphatic carbocycles. The second-order valence-electron chi connectivity index (χ2n) is 6.40. The van der Waals surface area contributed by atoms with Crippen LogP contribution in [0.15, 0.2) is 29.2 Å². The van der Waals surface area contributed by atoms with Crippen molar-refractivity contribution in [3.8, 4) is 5.69 Å². The van der Waals surface area contributed by atoms with Gasteiger partial charge in [0.15, 0.2) is 0 Å². The number of ether oxygens (including phenoxy) is 1. The maximum absolute atomic E-state index is 12.2. The fourth-order valence-electron chi connectivity index (χ4n) is 3.09. The smallest absolute Gasteiger partial charge is 0.337 e. The quantitative estimate of drug-likeness (QED) is 0.594. The van der Waals surface area contributed by atoms with Crippen molar-refractivity contribution in [3.63, 3.8) is 0 Å². The number of benzene rings is 1. The molecule has 0 radical (unpaired) electrons. The van der Waals surface area contributed by atoms with Crippen LogP contribution in [0.1, 0.15) is 32.9 Å². The lowest BCUT2D eigenvalue weighted by atomic mass is 10.1. The molecular formula is C20H20N2O4S. The van der Waals surface area contributed by atoms with Gasteiger partial charge in [0.05, 0.1) is 17.6 Å². The summed E-state index contributed by atoms with van der Waals surface area (Å²) in [7, 11) is 2.83. The van der Waals surface area contributed by atoms with Gasteiger partial charge in [-0.15, -0.1) is 0 Å². The fourth-order valence-corrected chi connectivity index (χ4v) is 3.90. The Morgan fingerprint density at radius 2 is 1.85 bits per heavy atom. The maximum atomic E-state index is 12.2.